The van der Waals surface area contributed by atoms with Crippen molar-refractivity contribution in [1.29, 1.82) is 0 Å². The van der Waals surface area contributed by atoms with Crippen LogP contribution in [0.2, 0.25) is 0 Å². The number of rotatable bonds is 4. The Kier molecular flexibility index (Phi) is 7.28. The quantitative estimate of drug-likeness (QED) is 0.283. The van der Waals surface area contributed by atoms with E-state index < -0.39 is 17.5 Å². The van der Waals surface area contributed by atoms with Crippen LogP contribution in [0.5, 0.6) is 0 Å². The fraction of sp³-hybridized carbons (Fsp3) is 0.280. The van der Waals surface area contributed by atoms with Gasteiger partial charge in [0.25, 0.3) is 0 Å². The highest BCUT2D eigenvalue weighted by Crippen LogP contribution is 2.56. The van der Waals surface area contributed by atoms with Gasteiger partial charge in [-0.3, -0.25) is 4.79 Å². The molecular weight excluding hydrogens is 523 g/mol. The van der Waals surface area contributed by atoms with E-state index in [-0.39, 0.29) is 22.1 Å². The molecule has 182 valence electrons. The minimum absolute atomic E-state index is 0.0516. The predicted molar refractivity (Wildman–Crippen MR) is 147 cm³/mol. The number of aryl methyl sites for hydroxylation is 1. The molecule has 6 nitrogen and oxygen atoms in total. The number of fused-ring (bicyclic) bond motifs is 1. The molecule has 2 aliphatic heterocycles. The molecule has 4 rings (SSSR count). The molecule has 0 radical (unpaired) electrons. The number of esters is 2. The lowest BCUT2D eigenvalue weighted by Crippen LogP contribution is -2.56. The van der Waals surface area contributed by atoms with Crippen LogP contribution in [0.1, 0.15) is 29.9 Å². The molecule has 1 amide bonds. The van der Waals surface area contributed by atoms with E-state index in [1.165, 1.54) is 14.2 Å². The minimum atomic E-state index is -0.825. The molecule has 0 atom stereocenters. The molecule has 1 aromatic carbocycles. The Morgan fingerprint density at radius 1 is 1.03 bits per heavy atom. The topological polar surface area (TPSA) is 72.9 Å². The monoisotopic (exact) mass is 545 g/mol. The minimum Gasteiger partial charge on any atom is -0.465 e. The van der Waals surface area contributed by atoms with Crippen LogP contribution in [0.3, 0.4) is 0 Å². The first kappa shape index (κ1) is 25.7. The number of methoxy groups -OCH3 is 2. The Balaban J connectivity index is 1.87. The Morgan fingerprint density at radius 3 is 2.20 bits per heavy atom. The van der Waals surface area contributed by atoms with Crippen molar-refractivity contribution in [2.45, 2.75) is 32.7 Å². The standard InChI is InChI=1S/C25H23NO5S4/c1-13-8-9-16-15(11-13)18(24-34-19(22(28)30-4)20(35-24)23(29)31-5)21(32)25(2,3)26(16)17(27)12-14-7-6-10-33-14/h6-11H,12H2,1-5H3. The first-order chi connectivity index (χ1) is 16.6. The molecule has 2 aromatic rings. The molecule has 0 saturated heterocycles. The average molecular weight is 546 g/mol. The zero-order valence-electron chi connectivity index (χ0n) is 19.8. The number of hydrogen-bond donors (Lipinski definition) is 0. The van der Waals surface area contributed by atoms with Gasteiger partial charge in [-0.25, -0.2) is 9.59 Å². The van der Waals surface area contributed by atoms with Crippen LogP contribution in [0.15, 0.2) is 49.8 Å². The predicted octanol–water partition coefficient (Wildman–Crippen LogP) is 5.50. The lowest BCUT2D eigenvalue weighted by atomic mass is 9.82. The van der Waals surface area contributed by atoms with Crippen molar-refractivity contribution < 1.29 is 23.9 Å². The van der Waals surface area contributed by atoms with Gasteiger partial charge in [-0.05, 0) is 44.4 Å². The van der Waals surface area contributed by atoms with Gasteiger partial charge >= 0.3 is 11.9 Å². The first-order valence-corrected chi connectivity index (χ1v) is 13.5. The highest BCUT2D eigenvalue weighted by atomic mass is 32.2. The lowest BCUT2D eigenvalue weighted by molar-refractivity contribution is -0.138. The first-order valence-electron chi connectivity index (χ1n) is 10.6. The van der Waals surface area contributed by atoms with Gasteiger partial charge in [0.2, 0.25) is 5.91 Å². The van der Waals surface area contributed by atoms with Gasteiger partial charge in [0.05, 0.1) is 41.0 Å². The highest BCUT2D eigenvalue weighted by molar-refractivity contribution is 8.29. The zero-order chi connectivity index (χ0) is 25.5. The van der Waals surface area contributed by atoms with Gasteiger partial charge in [0.1, 0.15) is 9.81 Å². The summed E-state index contributed by atoms with van der Waals surface area (Å²) in [6.45, 7) is 5.81. The Morgan fingerprint density at radius 2 is 1.66 bits per heavy atom. The molecule has 10 heteroatoms. The normalized spacial score (nSPS) is 16.9. The summed E-state index contributed by atoms with van der Waals surface area (Å²) in [6.07, 6.45) is 0.271. The summed E-state index contributed by atoms with van der Waals surface area (Å²) < 4.78 is 10.5. The maximum Gasteiger partial charge on any atom is 0.346 e. The Hall–Kier alpha value is -2.40. The number of carbonyl (C=O) groups is 3. The van der Waals surface area contributed by atoms with Crippen LogP contribution in [-0.4, -0.2) is 42.5 Å². The maximum absolute atomic E-state index is 13.6. The van der Waals surface area contributed by atoms with Gasteiger partial charge in [-0.1, -0.05) is 53.4 Å². The third-order valence-corrected chi connectivity index (χ3v) is 9.84. The average Bonchev–Trinajstić information content (AvgIpc) is 3.49. The third-order valence-electron chi connectivity index (χ3n) is 5.70. The Bertz CT molecular complexity index is 1280. The van der Waals surface area contributed by atoms with E-state index in [2.05, 4.69) is 0 Å². The second kappa shape index (κ2) is 9.93. The second-order valence-corrected chi connectivity index (χ2v) is 12.1. The smallest absolute Gasteiger partial charge is 0.346 e. The van der Waals surface area contributed by atoms with E-state index in [1.807, 2.05) is 56.5 Å². The van der Waals surface area contributed by atoms with Crippen molar-refractivity contribution in [3.05, 3.63) is 65.8 Å². The summed E-state index contributed by atoms with van der Waals surface area (Å²) in [5.41, 5.74) is 2.44. The van der Waals surface area contributed by atoms with Crippen LogP contribution < -0.4 is 4.90 Å². The maximum atomic E-state index is 13.6. The molecule has 0 fully saturated rings. The summed E-state index contributed by atoms with van der Waals surface area (Å²) in [4.78, 5) is 42.1. The molecule has 35 heavy (non-hydrogen) atoms. The molecule has 0 N–H and O–H groups in total. The van der Waals surface area contributed by atoms with Gasteiger partial charge in [-0.15, -0.1) is 11.3 Å². The van der Waals surface area contributed by atoms with E-state index in [0.717, 1.165) is 50.8 Å². The van der Waals surface area contributed by atoms with Crippen LogP contribution in [-0.2, 0) is 30.3 Å². The van der Waals surface area contributed by atoms with Gasteiger partial charge in [0, 0.05) is 16.0 Å². The SMILES string of the molecule is COC(=O)C1=C(C(=O)OC)SC(=C2C(=S)C(C)(C)N(C(=O)Cc3cccs3)c3ccc(C)cc32)S1. The van der Waals surface area contributed by atoms with Gasteiger partial charge in [-0.2, -0.15) is 0 Å². The van der Waals surface area contributed by atoms with Crippen molar-refractivity contribution in [3.63, 3.8) is 0 Å². The summed E-state index contributed by atoms with van der Waals surface area (Å²) in [7, 11) is 2.54. The number of amides is 1. The van der Waals surface area contributed by atoms with Crippen LogP contribution >= 0.6 is 47.1 Å². The molecule has 0 saturated carbocycles. The zero-order valence-corrected chi connectivity index (χ0v) is 23.1. The lowest BCUT2D eigenvalue weighted by Gasteiger charge is -2.45. The van der Waals surface area contributed by atoms with Crippen molar-refractivity contribution in [2.75, 3.05) is 19.1 Å². The Labute approximate surface area is 221 Å². The number of thiocarbonyl (C=S) groups is 1. The summed E-state index contributed by atoms with van der Waals surface area (Å²) >= 11 is 9.84. The van der Waals surface area contributed by atoms with Crippen LogP contribution in [0.4, 0.5) is 5.69 Å². The molecular formula is C25H23NO5S4. The largest absolute Gasteiger partial charge is 0.465 e. The number of anilines is 1. The third kappa shape index (κ3) is 4.60. The number of benzene rings is 1. The number of hydrogen-bond acceptors (Lipinski definition) is 9. The summed E-state index contributed by atoms with van der Waals surface area (Å²) in [5, 5.41) is 1.95. The van der Waals surface area contributed by atoms with E-state index in [0.29, 0.717) is 9.10 Å². The molecule has 2 aliphatic rings. The number of thioether (sulfide) groups is 2. The van der Waals surface area contributed by atoms with E-state index in [1.54, 1.807) is 16.2 Å². The van der Waals surface area contributed by atoms with E-state index >= 15 is 0 Å². The number of thiophene rings is 1. The van der Waals surface area contributed by atoms with Crippen LogP contribution in [0, 0.1) is 6.92 Å². The molecule has 1 aromatic heterocycles. The van der Waals surface area contributed by atoms with Crippen molar-refractivity contribution in [3.8, 4) is 0 Å². The number of nitrogens with zero attached hydrogens (tertiary/aromatic N) is 1. The van der Waals surface area contributed by atoms with Crippen molar-refractivity contribution in [2.24, 2.45) is 0 Å². The second-order valence-electron chi connectivity index (χ2n) is 8.40. The fourth-order valence-electron chi connectivity index (χ4n) is 4.02. The van der Waals surface area contributed by atoms with Gasteiger partial charge < -0.3 is 14.4 Å². The molecule has 3 heterocycles. The van der Waals surface area contributed by atoms with E-state index in [9.17, 15) is 14.4 Å². The highest BCUT2D eigenvalue weighted by Gasteiger charge is 2.46. The molecule has 0 unspecified atom stereocenters. The summed E-state index contributed by atoms with van der Waals surface area (Å²) in [5.74, 6) is -1.28. The van der Waals surface area contributed by atoms with Gasteiger partial charge in [0.15, 0.2) is 0 Å². The molecule has 0 aliphatic carbocycles. The number of ether oxygens (including phenoxy) is 2. The van der Waals surface area contributed by atoms with Crippen molar-refractivity contribution in [1.82, 2.24) is 0 Å². The molecule has 0 bridgehead atoms. The van der Waals surface area contributed by atoms with E-state index in [4.69, 9.17) is 21.7 Å². The molecule has 0 spiro atoms. The van der Waals surface area contributed by atoms with Crippen LogP contribution in [0.25, 0.3) is 5.57 Å². The fourth-order valence-corrected chi connectivity index (χ4v) is 7.75. The summed E-state index contributed by atoms with van der Waals surface area (Å²) in [6, 6.07) is 9.75. The number of carbonyl (C=O) groups excluding carboxylic acids is 3. The van der Waals surface area contributed by atoms with Crippen molar-refractivity contribution >= 4 is 81.0 Å².